The minimum Gasteiger partial charge on any atom is -0.473 e. The third-order valence-electron chi connectivity index (χ3n) is 1.74. The van der Waals surface area contributed by atoms with Crippen LogP contribution in [0.3, 0.4) is 0 Å². The summed E-state index contributed by atoms with van der Waals surface area (Å²) in [5.74, 6) is 0.270. The van der Waals surface area contributed by atoms with Crippen molar-refractivity contribution in [3.8, 4) is 5.88 Å². The van der Waals surface area contributed by atoms with Gasteiger partial charge in [-0.3, -0.25) is 10.1 Å². The molecule has 0 aliphatic rings. The van der Waals surface area contributed by atoms with Crippen LogP contribution >= 0.6 is 0 Å². The second-order valence-electron chi connectivity index (χ2n) is 3.10. The number of nitro groups is 1. The molecule has 0 saturated carbocycles. The summed E-state index contributed by atoms with van der Waals surface area (Å²) in [6, 6.07) is 2.64. The molecule has 1 aromatic rings. The van der Waals surface area contributed by atoms with E-state index in [0.29, 0.717) is 6.54 Å². The van der Waals surface area contributed by atoms with E-state index >= 15 is 0 Å². The fourth-order valence-electron chi connectivity index (χ4n) is 1.11. The molecule has 0 spiro atoms. The highest BCUT2D eigenvalue weighted by atomic mass is 16.6. The highest BCUT2D eigenvalue weighted by Crippen LogP contribution is 2.16. The number of aromatic nitrogens is 1. The summed E-state index contributed by atoms with van der Waals surface area (Å²) >= 11 is 0. The lowest BCUT2D eigenvalue weighted by molar-refractivity contribution is -0.385. The van der Waals surface area contributed by atoms with Gasteiger partial charge in [-0.15, -0.1) is 0 Å². The zero-order valence-electron chi connectivity index (χ0n) is 8.64. The quantitative estimate of drug-likeness (QED) is 0.580. The minimum atomic E-state index is -0.475. The van der Waals surface area contributed by atoms with Crippen molar-refractivity contribution in [1.82, 2.24) is 10.3 Å². The second-order valence-corrected chi connectivity index (χ2v) is 3.10. The van der Waals surface area contributed by atoms with Crippen molar-refractivity contribution in [2.24, 2.45) is 0 Å². The SMILES string of the molecule is CNCC(C)Oc1cc([N+](=O)[O-])ccn1. The van der Waals surface area contributed by atoms with Crippen molar-refractivity contribution in [3.05, 3.63) is 28.4 Å². The Morgan fingerprint density at radius 3 is 3.07 bits per heavy atom. The van der Waals surface area contributed by atoms with E-state index in [2.05, 4.69) is 10.3 Å². The Morgan fingerprint density at radius 2 is 2.47 bits per heavy atom. The molecule has 1 N–H and O–H groups in total. The van der Waals surface area contributed by atoms with E-state index in [1.165, 1.54) is 18.3 Å². The number of hydrogen-bond acceptors (Lipinski definition) is 5. The minimum absolute atomic E-state index is 0.0170. The van der Waals surface area contributed by atoms with E-state index in [9.17, 15) is 10.1 Å². The first-order valence-corrected chi connectivity index (χ1v) is 4.55. The van der Waals surface area contributed by atoms with Crippen molar-refractivity contribution >= 4 is 5.69 Å². The first-order chi connectivity index (χ1) is 7.13. The maximum absolute atomic E-state index is 10.5. The van der Waals surface area contributed by atoms with Gasteiger partial charge in [-0.25, -0.2) is 4.98 Å². The molecule has 1 heterocycles. The maximum Gasteiger partial charge on any atom is 0.276 e. The molecule has 0 bridgehead atoms. The number of hydrogen-bond donors (Lipinski definition) is 1. The van der Waals surface area contributed by atoms with Gasteiger partial charge in [-0.05, 0) is 14.0 Å². The second kappa shape index (κ2) is 5.26. The molecule has 0 saturated heterocycles. The van der Waals surface area contributed by atoms with Crippen molar-refractivity contribution in [1.29, 1.82) is 0 Å². The number of rotatable bonds is 5. The first-order valence-electron chi connectivity index (χ1n) is 4.55. The van der Waals surface area contributed by atoms with Gasteiger partial charge in [0.2, 0.25) is 5.88 Å². The summed E-state index contributed by atoms with van der Waals surface area (Å²) in [5.41, 5.74) is -0.0170. The Hall–Kier alpha value is -1.69. The molecule has 0 fully saturated rings. The van der Waals surface area contributed by atoms with Crippen molar-refractivity contribution < 1.29 is 9.66 Å². The van der Waals surface area contributed by atoms with Crippen LogP contribution in [0, 0.1) is 10.1 Å². The lowest BCUT2D eigenvalue weighted by Gasteiger charge is -2.12. The van der Waals surface area contributed by atoms with Crippen LogP contribution in [0.25, 0.3) is 0 Å². The van der Waals surface area contributed by atoms with Gasteiger partial charge in [0.1, 0.15) is 6.10 Å². The van der Waals surface area contributed by atoms with Crippen LogP contribution in [0.4, 0.5) is 5.69 Å². The molecule has 15 heavy (non-hydrogen) atoms. The molecule has 6 nitrogen and oxygen atoms in total. The maximum atomic E-state index is 10.5. The molecule has 0 aromatic carbocycles. The molecule has 0 aliphatic heterocycles. The lowest BCUT2D eigenvalue weighted by atomic mass is 10.4. The Balaban J connectivity index is 2.69. The monoisotopic (exact) mass is 211 g/mol. The van der Waals surface area contributed by atoms with Gasteiger partial charge >= 0.3 is 0 Å². The predicted octanol–water partition coefficient (Wildman–Crippen LogP) is 0.976. The molecular formula is C9H13N3O3. The van der Waals surface area contributed by atoms with Crippen molar-refractivity contribution in [3.63, 3.8) is 0 Å². The van der Waals surface area contributed by atoms with Crippen LogP contribution in [0.2, 0.25) is 0 Å². The van der Waals surface area contributed by atoms with Crippen molar-refractivity contribution in [2.75, 3.05) is 13.6 Å². The Bertz CT molecular complexity index is 343. The predicted molar refractivity (Wildman–Crippen MR) is 54.9 cm³/mol. The van der Waals surface area contributed by atoms with E-state index in [1.54, 1.807) is 7.05 Å². The smallest absolute Gasteiger partial charge is 0.276 e. The van der Waals surface area contributed by atoms with Crippen LogP contribution in [0.1, 0.15) is 6.92 Å². The number of pyridine rings is 1. The average Bonchev–Trinajstić information content (AvgIpc) is 2.18. The largest absolute Gasteiger partial charge is 0.473 e. The van der Waals surface area contributed by atoms with Gasteiger partial charge in [0.15, 0.2) is 0 Å². The summed E-state index contributed by atoms with van der Waals surface area (Å²) in [6.45, 7) is 2.52. The molecule has 1 rings (SSSR count). The zero-order valence-corrected chi connectivity index (χ0v) is 8.64. The van der Waals surface area contributed by atoms with E-state index < -0.39 is 4.92 Å². The molecule has 82 valence electrons. The standard InChI is InChI=1S/C9H13N3O3/c1-7(6-10-2)15-9-5-8(12(13)14)3-4-11-9/h3-5,7,10H,6H2,1-2H3. The summed E-state index contributed by atoms with van der Waals surface area (Å²) in [5, 5.41) is 13.4. The Morgan fingerprint density at radius 1 is 1.73 bits per heavy atom. The average molecular weight is 211 g/mol. The lowest BCUT2D eigenvalue weighted by Crippen LogP contribution is -2.26. The highest BCUT2D eigenvalue weighted by molar-refractivity contribution is 5.32. The zero-order chi connectivity index (χ0) is 11.3. The fraction of sp³-hybridized carbons (Fsp3) is 0.444. The van der Waals surface area contributed by atoms with Crippen LogP contribution < -0.4 is 10.1 Å². The fourth-order valence-corrected chi connectivity index (χ4v) is 1.11. The topological polar surface area (TPSA) is 77.3 Å². The van der Waals surface area contributed by atoms with E-state index in [0.717, 1.165) is 0 Å². The van der Waals surface area contributed by atoms with E-state index in [1.807, 2.05) is 6.92 Å². The number of nitrogens with one attached hydrogen (secondary N) is 1. The normalized spacial score (nSPS) is 12.1. The molecule has 6 heteroatoms. The van der Waals surface area contributed by atoms with E-state index in [4.69, 9.17) is 4.74 Å². The van der Waals surface area contributed by atoms with Gasteiger partial charge in [0.05, 0.1) is 11.0 Å². The van der Waals surface area contributed by atoms with Crippen LogP contribution in [-0.4, -0.2) is 29.6 Å². The number of nitrogens with zero attached hydrogens (tertiary/aromatic N) is 2. The molecule has 1 atom stereocenters. The van der Waals surface area contributed by atoms with Gasteiger partial charge in [-0.2, -0.15) is 0 Å². The van der Waals surface area contributed by atoms with Crippen molar-refractivity contribution in [2.45, 2.75) is 13.0 Å². The van der Waals surface area contributed by atoms with Gasteiger partial charge in [0, 0.05) is 18.8 Å². The first kappa shape index (κ1) is 11.4. The van der Waals surface area contributed by atoms with Gasteiger partial charge < -0.3 is 10.1 Å². The van der Waals surface area contributed by atoms with Crippen LogP contribution in [-0.2, 0) is 0 Å². The third kappa shape index (κ3) is 3.51. The summed E-state index contributed by atoms with van der Waals surface area (Å²) < 4.78 is 5.37. The van der Waals surface area contributed by atoms with Crippen LogP contribution in [0.15, 0.2) is 18.3 Å². The Kier molecular flexibility index (Phi) is 3.99. The highest BCUT2D eigenvalue weighted by Gasteiger charge is 2.09. The molecule has 1 aromatic heterocycles. The summed E-state index contributed by atoms with van der Waals surface area (Å²) in [6.07, 6.45) is 1.28. The number of likely N-dealkylation sites (N-methyl/N-ethyl adjacent to an activating group) is 1. The van der Waals surface area contributed by atoms with Gasteiger partial charge in [-0.1, -0.05) is 0 Å². The van der Waals surface area contributed by atoms with Gasteiger partial charge in [0.25, 0.3) is 5.69 Å². The number of ether oxygens (including phenoxy) is 1. The summed E-state index contributed by atoms with van der Waals surface area (Å²) in [7, 11) is 1.81. The molecule has 0 amide bonds. The molecule has 1 unspecified atom stereocenters. The Labute approximate surface area is 87.4 Å². The molecule has 0 aliphatic carbocycles. The molecular weight excluding hydrogens is 198 g/mol. The summed E-state index contributed by atoms with van der Waals surface area (Å²) in [4.78, 5) is 13.9. The molecule has 0 radical (unpaired) electrons. The third-order valence-corrected chi connectivity index (χ3v) is 1.74. The van der Waals surface area contributed by atoms with Crippen LogP contribution in [0.5, 0.6) is 5.88 Å². The van der Waals surface area contributed by atoms with E-state index in [-0.39, 0.29) is 17.7 Å².